The van der Waals surface area contributed by atoms with Crippen LogP contribution in [0.3, 0.4) is 0 Å². The van der Waals surface area contributed by atoms with Crippen molar-refractivity contribution < 1.29 is 9.90 Å². The third-order valence-corrected chi connectivity index (χ3v) is 4.69. The average molecular weight is 276 g/mol. The van der Waals surface area contributed by atoms with Crippen LogP contribution in [0.4, 0.5) is 0 Å². The quantitative estimate of drug-likeness (QED) is 0.793. The largest absolute Gasteiger partial charge is 0.386 e. The molecule has 1 aliphatic carbocycles. The highest BCUT2D eigenvalue weighted by Crippen LogP contribution is 2.33. The molecular formula is C14H16N2O2S. The molecule has 0 aliphatic heterocycles. The fourth-order valence-corrected chi connectivity index (χ4v) is 3.04. The van der Waals surface area contributed by atoms with Gasteiger partial charge in [-0.05, 0) is 30.4 Å². The highest BCUT2D eigenvalue weighted by atomic mass is 32.1. The highest BCUT2D eigenvalue weighted by molar-refractivity contribution is 7.19. The van der Waals surface area contributed by atoms with E-state index in [9.17, 15) is 9.90 Å². The minimum absolute atomic E-state index is 0.160. The molecule has 5 heteroatoms. The summed E-state index contributed by atoms with van der Waals surface area (Å²) in [4.78, 5) is 12.6. The third kappa shape index (κ3) is 2.49. The van der Waals surface area contributed by atoms with E-state index in [4.69, 9.17) is 5.73 Å². The molecule has 100 valence electrons. The molecule has 4 N–H and O–H groups in total. The van der Waals surface area contributed by atoms with E-state index < -0.39 is 11.6 Å². The number of nitrogens with two attached hydrogens (primary N) is 1. The van der Waals surface area contributed by atoms with Crippen molar-refractivity contribution in [2.45, 2.75) is 24.5 Å². The van der Waals surface area contributed by atoms with Crippen molar-refractivity contribution in [3.8, 4) is 0 Å². The molecule has 1 atom stereocenters. The van der Waals surface area contributed by atoms with Gasteiger partial charge in [-0.25, -0.2) is 0 Å². The molecule has 1 aromatic heterocycles. The van der Waals surface area contributed by atoms with Gasteiger partial charge in [-0.3, -0.25) is 4.79 Å². The normalized spacial score (nSPS) is 18.2. The summed E-state index contributed by atoms with van der Waals surface area (Å²) >= 11 is 1.55. The zero-order valence-corrected chi connectivity index (χ0v) is 11.2. The maximum atomic E-state index is 11.7. The maximum Gasteiger partial charge on any atom is 0.240 e. The Balaban J connectivity index is 1.66. The second-order valence-electron chi connectivity index (χ2n) is 5.07. The number of hydrogen-bond acceptors (Lipinski definition) is 4. The van der Waals surface area contributed by atoms with Crippen molar-refractivity contribution in [3.63, 3.8) is 0 Å². The lowest BCUT2D eigenvalue weighted by Crippen LogP contribution is -2.44. The number of aliphatic hydroxyl groups excluding tert-OH is 1. The van der Waals surface area contributed by atoms with Gasteiger partial charge in [0.25, 0.3) is 0 Å². The molecule has 0 saturated heterocycles. The van der Waals surface area contributed by atoms with Crippen LogP contribution in [0.1, 0.15) is 23.8 Å². The Morgan fingerprint density at radius 2 is 2.21 bits per heavy atom. The number of thiophene rings is 1. The zero-order valence-electron chi connectivity index (χ0n) is 10.4. The van der Waals surface area contributed by atoms with Crippen LogP contribution in [0.2, 0.25) is 0 Å². The predicted molar refractivity (Wildman–Crippen MR) is 75.9 cm³/mol. The Morgan fingerprint density at radius 3 is 2.89 bits per heavy atom. The lowest BCUT2D eigenvalue weighted by molar-refractivity contribution is -0.123. The highest BCUT2D eigenvalue weighted by Gasteiger charge is 2.45. The summed E-state index contributed by atoms with van der Waals surface area (Å²) < 4.78 is 1.14. The SMILES string of the molecule is NC1(C(=O)NCC(O)c2cc3ccccc3s2)CC1. The molecule has 1 unspecified atom stereocenters. The van der Waals surface area contributed by atoms with Gasteiger partial charge in [0.05, 0.1) is 5.54 Å². The number of amides is 1. The molecule has 3 rings (SSSR count). The van der Waals surface area contributed by atoms with Gasteiger partial charge in [-0.1, -0.05) is 18.2 Å². The van der Waals surface area contributed by atoms with Gasteiger partial charge in [0.1, 0.15) is 6.10 Å². The molecule has 1 amide bonds. The molecule has 0 radical (unpaired) electrons. The Labute approximate surface area is 115 Å². The van der Waals surface area contributed by atoms with Crippen LogP contribution in [-0.4, -0.2) is 23.1 Å². The maximum absolute atomic E-state index is 11.7. The second-order valence-corrected chi connectivity index (χ2v) is 6.18. The first-order valence-electron chi connectivity index (χ1n) is 6.32. The number of carbonyl (C=O) groups excluding carboxylic acids is 1. The molecule has 1 aromatic carbocycles. The average Bonchev–Trinajstić information content (AvgIpc) is 3.02. The molecule has 19 heavy (non-hydrogen) atoms. The smallest absolute Gasteiger partial charge is 0.240 e. The Kier molecular flexibility index (Phi) is 3.05. The van der Waals surface area contributed by atoms with Gasteiger partial charge >= 0.3 is 0 Å². The Hall–Kier alpha value is -1.43. The van der Waals surface area contributed by atoms with Gasteiger partial charge < -0.3 is 16.2 Å². The predicted octanol–water partition coefficient (Wildman–Crippen LogP) is 1.54. The summed E-state index contributed by atoms with van der Waals surface area (Å²) in [6, 6.07) is 9.94. The summed E-state index contributed by atoms with van der Waals surface area (Å²) in [5.41, 5.74) is 5.10. The topological polar surface area (TPSA) is 75.4 Å². The Bertz CT molecular complexity index is 586. The lowest BCUT2D eigenvalue weighted by Gasteiger charge is -2.13. The van der Waals surface area contributed by atoms with Crippen LogP contribution in [-0.2, 0) is 4.79 Å². The zero-order chi connectivity index (χ0) is 13.5. The van der Waals surface area contributed by atoms with E-state index in [2.05, 4.69) is 5.32 Å². The fraction of sp³-hybridized carbons (Fsp3) is 0.357. The molecule has 0 spiro atoms. The lowest BCUT2D eigenvalue weighted by atomic mass is 10.2. The molecule has 0 bridgehead atoms. The van der Waals surface area contributed by atoms with Crippen LogP contribution in [0.25, 0.3) is 10.1 Å². The number of rotatable bonds is 4. The van der Waals surface area contributed by atoms with Crippen molar-refractivity contribution in [1.82, 2.24) is 5.32 Å². The molecule has 1 heterocycles. The molecule has 1 fully saturated rings. The van der Waals surface area contributed by atoms with E-state index in [0.29, 0.717) is 0 Å². The van der Waals surface area contributed by atoms with Gasteiger partial charge in [-0.15, -0.1) is 11.3 Å². The van der Waals surface area contributed by atoms with Crippen molar-refractivity contribution in [2.24, 2.45) is 5.73 Å². The summed E-state index contributed by atoms with van der Waals surface area (Å²) in [5, 5.41) is 13.9. The van der Waals surface area contributed by atoms with Crippen LogP contribution in [0.5, 0.6) is 0 Å². The van der Waals surface area contributed by atoms with E-state index >= 15 is 0 Å². The van der Waals surface area contributed by atoms with Crippen molar-refractivity contribution in [1.29, 1.82) is 0 Å². The number of aliphatic hydroxyl groups is 1. The summed E-state index contributed by atoms with van der Waals surface area (Å²) in [6.07, 6.45) is 0.791. The monoisotopic (exact) mass is 276 g/mol. The summed E-state index contributed by atoms with van der Waals surface area (Å²) in [5.74, 6) is -0.160. The first-order chi connectivity index (χ1) is 9.08. The molecule has 4 nitrogen and oxygen atoms in total. The standard InChI is InChI=1S/C14H16N2O2S/c15-14(5-6-14)13(18)16-8-10(17)12-7-9-3-1-2-4-11(9)19-12/h1-4,7,10,17H,5-6,8,15H2,(H,16,18). The van der Waals surface area contributed by atoms with E-state index in [0.717, 1.165) is 27.8 Å². The molecule has 1 aliphatic rings. The molecular weight excluding hydrogens is 260 g/mol. The summed E-state index contributed by atoms with van der Waals surface area (Å²) in [6.45, 7) is 0.213. The number of fused-ring (bicyclic) bond motifs is 1. The van der Waals surface area contributed by atoms with Crippen LogP contribution in [0, 0.1) is 0 Å². The molecule has 2 aromatic rings. The minimum Gasteiger partial charge on any atom is -0.386 e. The first kappa shape index (κ1) is 12.6. The van der Waals surface area contributed by atoms with E-state index in [-0.39, 0.29) is 12.5 Å². The second kappa shape index (κ2) is 4.59. The fourth-order valence-electron chi connectivity index (χ4n) is 1.99. The number of carbonyl (C=O) groups is 1. The van der Waals surface area contributed by atoms with E-state index in [1.54, 1.807) is 11.3 Å². The first-order valence-corrected chi connectivity index (χ1v) is 7.14. The van der Waals surface area contributed by atoms with Gasteiger partial charge in [-0.2, -0.15) is 0 Å². The van der Waals surface area contributed by atoms with Gasteiger partial charge in [0, 0.05) is 16.1 Å². The Morgan fingerprint density at radius 1 is 1.47 bits per heavy atom. The van der Waals surface area contributed by atoms with Gasteiger partial charge in [0.15, 0.2) is 0 Å². The van der Waals surface area contributed by atoms with Crippen LogP contribution < -0.4 is 11.1 Å². The number of benzene rings is 1. The number of nitrogens with one attached hydrogen (secondary N) is 1. The number of hydrogen-bond donors (Lipinski definition) is 3. The molecule has 1 saturated carbocycles. The van der Waals surface area contributed by atoms with Crippen molar-refractivity contribution in [3.05, 3.63) is 35.2 Å². The van der Waals surface area contributed by atoms with E-state index in [1.165, 1.54) is 0 Å². The summed E-state index contributed by atoms with van der Waals surface area (Å²) in [7, 11) is 0. The van der Waals surface area contributed by atoms with Crippen molar-refractivity contribution in [2.75, 3.05) is 6.54 Å². The van der Waals surface area contributed by atoms with Gasteiger partial charge in [0.2, 0.25) is 5.91 Å². The van der Waals surface area contributed by atoms with Crippen LogP contribution in [0.15, 0.2) is 30.3 Å². The third-order valence-electron chi connectivity index (χ3n) is 3.47. The van der Waals surface area contributed by atoms with Crippen LogP contribution >= 0.6 is 11.3 Å². The minimum atomic E-state index is -0.681. The van der Waals surface area contributed by atoms with Crippen molar-refractivity contribution >= 4 is 27.3 Å². The van der Waals surface area contributed by atoms with E-state index in [1.807, 2.05) is 30.3 Å².